The molecule has 0 unspecified atom stereocenters. The van der Waals surface area contributed by atoms with Crippen LogP contribution in [0.5, 0.6) is 0 Å². The number of carboxylic acids is 1. The minimum atomic E-state index is -3.45. The van der Waals surface area contributed by atoms with Crippen molar-refractivity contribution in [3.05, 3.63) is 0 Å². The van der Waals surface area contributed by atoms with E-state index in [9.17, 15) is 31.5 Å². The highest BCUT2D eigenvalue weighted by Crippen LogP contribution is 2.41. The zero-order chi connectivity index (χ0) is 27.5. The van der Waals surface area contributed by atoms with Gasteiger partial charge in [-0.2, -0.15) is 0 Å². The van der Waals surface area contributed by atoms with Crippen LogP contribution in [0.2, 0.25) is 0 Å². The molecule has 0 bridgehead atoms. The molecule has 0 aromatic heterocycles. The van der Waals surface area contributed by atoms with Gasteiger partial charge in [-0.1, -0.05) is 38.5 Å². The molecule has 0 saturated heterocycles. The normalized spacial score (nSPS) is 23.7. The maximum Gasteiger partial charge on any atom is 0.312 e. The van der Waals surface area contributed by atoms with Crippen molar-refractivity contribution in [3.63, 3.8) is 0 Å². The molecule has 0 aliphatic heterocycles. The Bertz CT molecular complexity index is 1020. The van der Waals surface area contributed by atoms with Gasteiger partial charge >= 0.3 is 11.9 Å². The number of hydrogen-bond acceptors (Lipinski definition) is 7. The fourth-order valence-corrected chi connectivity index (χ4v) is 9.69. The highest BCUT2D eigenvalue weighted by atomic mass is 32.2. The molecule has 4 rings (SSSR count). The quantitative estimate of drug-likeness (QED) is 0.400. The first-order valence-corrected chi connectivity index (χ1v) is 16.7. The third kappa shape index (κ3) is 7.45. The second-order valence-electron chi connectivity index (χ2n) is 11.5. The van der Waals surface area contributed by atoms with Crippen molar-refractivity contribution in [2.45, 2.75) is 102 Å². The summed E-state index contributed by atoms with van der Waals surface area (Å²) in [6.45, 7) is 0. The van der Waals surface area contributed by atoms with Crippen LogP contribution >= 0.6 is 0 Å². The lowest BCUT2D eigenvalue weighted by Gasteiger charge is -2.35. The molecule has 0 aromatic rings. The van der Waals surface area contributed by atoms with E-state index in [1.807, 2.05) is 0 Å². The molecule has 1 N–H and O–H groups in total. The van der Waals surface area contributed by atoms with Crippen LogP contribution in [0.15, 0.2) is 0 Å². The van der Waals surface area contributed by atoms with E-state index in [0.717, 1.165) is 64.2 Å². The van der Waals surface area contributed by atoms with Crippen LogP contribution in [0.4, 0.5) is 0 Å². The van der Waals surface area contributed by atoms with E-state index in [0.29, 0.717) is 25.7 Å². The first kappa shape index (κ1) is 30.3. The van der Waals surface area contributed by atoms with E-state index in [4.69, 9.17) is 4.74 Å². The molecule has 12 heteroatoms. The van der Waals surface area contributed by atoms with Crippen molar-refractivity contribution < 1.29 is 36.3 Å². The van der Waals surface area contributed by atoms with Gasteiger partial charge in [0.2, 0.25) is 20.0 Å². The summed E-state index contributed by atoms with van der Waals surface area (Å²) in [6, 6.07) is 0.243. The summed E-state index contributed by atoms with van der Waals surface area (Å²) in [5.74, 6) is -1.64. The van der Waals surface area contributed by atoms with Gasteiger partial charge in [0.15, 0.2) is 0 Å². The van der Waals surface area contributed by atoms with Crippen molar-refractivity contribution in [2.24, 2.45) is 10.8 Å². The van der Waals surface area contributed by atoms with E-state index < -0.39 is 36.8 Å². The predicted molar refractivity (Wildman–Crippen MR) is 140 cm³/mol. The van der Waals surface area contributed by atoms with Crippen LogP contribution in [0, 0.1) is 10.8 Å². The molecule has 0 amide bonds. The van der Waals surface area contributed by atoms with Gasteiger partial charge in [-0.05, 0) is 51.4 Å². The van der Waals surface area contributed by atoms with Gasteiger partial charge in [0.25, 0.3) is 0 Å². The highest BCUT2D eigenvalue weighted by molar-refractivity contribution is 7.89. The molecule has 37 heavy (non-hydrogen) atoms. The number of sulfonamides is 2. The molecule has 4 aliphatic rings. The third-order valence-electron chi connectivity index (χ3n) is 8.61. The molecule has 4 aliphatic carbocycles. The molecular formula is C25H44N2O8S2. The lowest BCUT2D eigenvalue weighted by Crippen LogP contribution is -2.45. The van der Waals surface area contributed by atoms with Crippen molar-refractivity contribution in [1.29, 1.82) is 0 Å². The topological polar surface area (TPSA) is 138 Å². The first-order valence-electron chi connectivity index (χ1n) is 13.5. The Morgan fingerprint density at radius 2 is 1.08 bits per heavy atom. The molecule has 0 atom stereocenters. The monoisotopic (exact) mass is 564 g/mol. The zero-order valence-electron chi connectivity index (χ0n) is 22.5. The Morgan fingerprint density at radius 3 is 1.41 bits per heavy atom. The lowest BCUT2D eigenvalue weighted by molar-refractivity contribution is -0.153. The predicted octanol–water partition coefficient (Wildman–Crippen LogP) is 2.98. The maximum absolute atomic E-state index is 12.4. The lowest BCUT2D eigenvalue weighted by atomic mass is 9.75. The standard InChI is InChI=1S/C13H23NO4S.C12H21NO4S/c1-14(11-6-7-11)19(16,17)10-13(12(15)18-2)8-4-3-5-9-13;1-13(10-5-6-10)18(16,17)9-12(11(14)15)7-3-2-4-8-12/h11H,3-10H2,1-2H3;10H,2-9H2,1H3,(H,14,15). The summed E-state index contributed by atoms with van der Waals surface area (Å²) in [5.41, 5.74) is -1.88. The minimum absolute atomic E-state index is 0.0975. The number of rotatable bonds is 10. The minimum Gasteiger partial charge on any atom is -0.481 e. The largest absolute Gasteiger partial charge is 0.481 e. The molecule has 0 aromatic carbocycles. The van der Waals surface area contributed by atoms with Gasteiger partial charge < -0.3 is 9.84 Å². The molecule has 0 spiro atoms. The van der Waals surface area contributed by atoms with Crippen LogP contribution in [0.3, 0.4) is 0 Å². The summed E-state index contributed by atoms with van der Waals surface area (Å²) < 4.78 is 57.1. The molecule has 0 heterocycles. The summed E-state index contributed by atoms with van der Waals surface area (Å²) in [5, 5.41) is 9.41. The Morgan fingerprint density at radius 1 is 0.730 bits per heavy atom. The van der Waals surface area contributed by atoms with E-state index >= 15 is 0 Å². The Balaban J connectivity index is 0.000000206. The van der Waals surface area contributed by atoms with E-state index in [1.54, 1.807) is 14.1 Å². The van der Waals surface area contributed by atoms with Gasteiger partial charge in [-0.3, -0.25) is 9.59 Å². The fourth-order valence-electron chi connectivity index (χ4n) is 5.73. The highest BCUT2D eigenvalue weighted by Gasteiger charge is 2.48. The number of carbonyl (C=O) groups is 2. The molecular weight excluding hydrogens is 520 g/mol. The van der Waals surface area contributed by atoms with Gasteiger partial charge in [0.05, 0.1) is 29.4 Å². The van der Waals surface area contributed by atoms with Gasteiger partial charge in [-0.15, -0.1) is 0 Å². The summed E-state index contributed by atoms with van der Waals surface area (Å²) in [7, 11) is -2.28. The number of hydrogen-bond donors (Lipinski definition) is 1. The van der Waals surface area contributed by atoms with E-state index in [1.165, 1.54) is 15.7 Å². The van der Waals surface area contributed by atoms with Crippen LogP contribution in [-0.2, 0) is 34.4 Å². The number of ether oxygens (including phenoxy) is 1. The van der Waals surface area contributed by atoms with Crippen molar-refractivity contribution in [2.75, 3.05) is 32.7 Å². The number of esters is 1. The summed E-state index contributed by atoms with van der Waals surface area (Å²) in [6.07, 6.45) is 11.4. The number of nitrogens with zero attached hydrogens (tertiary/aromatic N) is 2. The Hall–Kier alpha value is -1.24. The Kier molecular flexibility index (Phi) is 9.73. The molecule has 10 nitrogen and oxygen atoms in total. The van der Waals surface area contributed by atoms with Crippen molar-refractivity contribution in [1.82, 2.24) is 8.61 Å². The van der Waals surface area contributed by atoms with E-state index in [2.05, 4.69) is 0 Å². The van der Waals surface area contributed by atoms with Crippen molar-refractivity contribution in [3.8, 4) is 0 Å². The zero-order valence-corrected chi connectivity index (χ0v) is 24.1. The van der Waals surface area contributed by atoms with Crippen LogP contribution < -0.4 is 0 Å². The molecule has 4 fully saturated rings. The molecule has 4 saturated carbocycles. The number of carbonyl (C=O) groups excluding carboxylic acids is 1. The molecule has 214 valence electrons. The smallest absolute Gasteiger partial charge is 0.312 e. The van der Waals surface area contributed by atoms with E-state index in [-0.39, 0.29) is 29.6 Å². The van der Waals surface area contributed by atoms with Crippen LogP contribution in [0.1, 0.15) is 89.9 Å². The SMILES string of the molecule is CN(C1CC1)S(=O)(=O)CC1(C(=O)O)CCCCC1.COC(=O)C1(CS(=O)(=O)N(C)C2CC2)CCCCC1. The van der Waals surface area contributed by atoms with Crippen LogP contribution in [0.25, 0.3) is 0 Å². The first-order chi connectivity index (χ1) is 17.3. The fraction of sp³-hybridized carbons (Fsp3) is 0.920. The molecule has 0 radical (unpaired) electrons. The maximum atomic E-state index is 12.4. The number of carboxylic acid groups (broad SMARTS) is 1. The average molecular weight is 565 g/mol. The average Bonchev–Trinajstić information content (AvgIpc) is 3.77. The van der Waals surface area contributed by atoms with Crippen molar-refractivity contribution >= 4 is 32.0 Å². The number of methoxy groups -OCH3 is 1. The van der Waals surface area contributed by atoms with Gasteiger partial charge in [-0.25, -0.2) is 25.4 Å². The summed E-state index contributed by atoms with van der Waals surface area (Å²) >= 11 is 0. The van der Waals surface area contributed by atoms with Gasteiger partial charge in [0, 0.05) is 26.2 Å². The van der Waals surface area contributed by atoms with Crippen LogP contribution in [-0.4, -0.2) is 87.3 Å². The second-order valence-corrected chi connectivity index (χ2v) is 15.5. The third-order valence-corrected chi connectivity index (χ3v) is 12.8. The van der Waals surface area contributed by atoms with Gasteiger partial charge in [0.1, 0.15) is 0 Å². The second kappa shape index (κ2) is 11.9. The number of aliphatic carboxylic acids is 1. The Labute approximate surface area is 222 Å². The summed E-state index contributed by atoms with van der Waals surface area (Å²) in [4.78, 5) is 23.5.